The second-order valence-electron chi connectivity index (χ2n) is 8.77. The van der Waals surface area contributed by atoms with E-state index in [1.807, 2.05) is 36.0 Å². The smallest absolute Gasteiger partial charge is 0.254 e. The number of nitrogens with one attached hydrogen (secondary N) is 1. The summed E-state index contributed by atoms with van der Waals surface area (Å²) >= 11 is 13.9. The molecule has 36 heavy (non-hydrogen) atoms. The number of hydrogen-bond donors (Lipinski definition) is 1. The van der Waals surface area contributed by atoms with Crippen molar-refractivity contribution < 1.29 is 4.79 Å². The van der Waals surface area contributed by atoms with Crippen molar-refractivity contribution in [1.29, 1.82) is 0 Å². The molecule has 1 N–H and O–H groups in total. The van der Waals surface area contributed by atoms with Crippen LogP contribution in [0.25, 0.3) is 0 Å². The molecule has 0 bridgehead atoms. The molecule has 1 aliphatic carbocycles. The van der Waals surface area contributed by atoms with Gasteiger partial charge in [-0.15, -0.1) is 11.3 Å². The second-order valence-corrected chi connectivity index (χ2v) is 10.6. The normalized spacial score (nSPS) is 15.0. The minimum absolute atomic E-state index is 0.230. The number of amides is 1. The molecular weight excluding hydrogens is 513 g/mol. The number of hydrogen-bond acceptors (Lipinski definition) is 6. The van der Waals surface area contributed by atoms with Crippen LogP contribution in [0.15, 0.2) is 66.6 Å². The van der Waals surface area contributed by atoms with E-state index < -0.39 is 0 Å². The van der Waals surface area contributed by atoms with Crippen LogP contribution in [-0.2, 0) is 26.1 Å². The van der Waals surface area contributed by atoms with Gasteiger partial charge in [-0.2, -0.15) is 0 Å². The third-order valence-electron chi connectivity index (χ3n) is 6.34. The van der Waals surface area contributed by atoms with Crippen LogP contribution in [0, 0.1) is 0 Å². The maximum atomic E-state index is 12.7. The molecule has 0 saturated carbocycles. The standard InChI is InChI=1S/C27H25Cl2N5OS/c28-21-14-30-15-22(29)25(21)27(35)33-13-18-4-1-5-19(12-18)16-34(17-24-31-10-11-36-24)23-8-2-6-20-7-3-9-32-26(20)23/h1,3-5,7,9-12,14-15,23H,2,6,8,13,16-17H2,(H,33,35). The van der Waals surface area contributed by atoms with E-state index >= 15 is 0 Å². The molecule has 3 aromatic heterocycles. The highest BCUT2D eigenvalue weighted by Crippen LogP contribution is 2.35. The molecule has 1 aromatic carbocycles. The van der Waals surface area contributed by atoms with Crippen LogP contribution in [0.1, 0.15) is 56.6 Å². The minimum Gasteiger partial charge on any atom is -0.348 e. The summed E-state index contributed by atoms with van der Waals surface area (Å²) < 4.78 is 0. The van der Waals surface area contributed by atoms with E-state index in [-0.39, 0.29) is 27.6 Å². The lowest BCUT2D eigenvalue weighted by molar-refractivity contribution is 0.0951. The highest BCUT2D eigenvalue weighted by atomic mass is 35.5. The van der Waals surface area contributed by atoms with Gasteiger partial charge in [0.1, 0.15) is 5.01 Å². The van der Waals surface area contributed by atoms with Crippen LogP contribution in [0.3, 0.4) is 0 Å². The number of thiazole rings is 1. The maximum Gasteiger partial charge on any atom is 0.254 e. The number of benzene rings is 1. The fourth-order valence-electron chi connectivity index (χ4n) is 4.69. The van der Waals surface area contributed by atoms with Gasteiger partial charge in [-0.1, -0.05) is 53.5 Å². The zero-order valence-electron chi connectivity index (χ0n) is 19.5. The molecule has 1 unspecified atom stereocenters. The van der Waals surface area contributed by atoms with Crippen molar-refractivity contribution in [2.24, 2.45) is 0 Å². The average molecular weight is 539 g/mol. The molecule has 0 aliphatic heterocycles. The summed E-state index contributed by atoms with van der Waals surface area (Å²) in [6.45, 7) is 1.88. The Morgan fingerprint density at radius 1 is 1.06 bits per heavy atom. The van der Waals surface area contributed by atoms with Gasteiger partial charge < -0.3 is 5.32 Å². The topological polar surface area (TPSA) is 71.0 Å². The van der Waals surface area contributed by atoms with Gasteiger partial charge in [-0.05, 0) is 42.0 Å². The van der Waals surface area contributed by atoms with E-state index in [9.17, 15) is 4.79 Å². The second kappa shape index (κ2) is 11.5. The lowest BCUT2D eigenvalue weighted by Gasteiger charge is -2.34. The first-order valence-electron chi connectivity index (χ1n) is 11.8. The number of carbonyl (C=O) groups excluding carboxylic acids is 1. The molecule has 0 fully saturated rings. The molecule has 4 aromatic rings. The number of rotatable bonds is 8. The minimum atomic E-state index is -0.326. The first-order valence-corrected chi connectivity index (χ1v) is 13.4. The van der Waals surface area contributed by atoms with E-state index in [1.165, 1.54) is 29.2 Å². The lowest BCUT2D eigenvalue weighted by Crippen LogP contribution is -2.31. The Balaban J connectivity index is 1.33. The summed E-state index contributed by atoms with van der Waals surface area (Å²) in [6, 6.07) is 12.7. The molecule has 0 spiro atoms. The molecule has 184 valence electrons. The van der Waals surface area contributed by atoms with Gasteiger partial charge in [-0.3, -0.25) is 19.7 Å². The number of carbonyl (C=O) groups is 1. The first-order chi connectivity index (χ1) is 17.6. The number of aryl methyl sites for hydroxylation is 1. The molecule has 6 nitrogen and oxygen atoms in total. The van der Waals surface area contributed by atoms with E-state index in [0.29, 0.717) is 6.54 Å². The SMILES string of the molecule is O=C(NCc1cccc(CN(Cc2nccs2)C2CCCc3cccnc32)c1)c1c(Cl)cncc1Cl. The van der Waals surface area contributed by atoms with Gasteiger partial charge in [0.25, 0.3) is 5.91 Å². The van der Waals surface area contributed by atoms with Crippen LogP contribution < -0.4 is 5.32 Å². The first kappa shape index (κ1) is 24.8. The fraction of sp³-hybridized carbons (Fsp3) is 0.259. The van der Waals surface area contributed by atoms with Gasteiger partial charge in [0.15, 0.2) is 0 Å². The van der Waals surface area contributed by atoms with E-state index in [1.54, 1.807) is 11.3 Å². The fourth-order valence-corrected chi connectivity index (χ4v) is 5.87. The Morgan fingerprint density at radius 2 is 1.89 bits per heavy atom. The van der Waals surface area contributed by atoms with E-state index in [2.05, 4.69) is 38.4 Å². The van der Waals surface area contributed by atoms with Gasteiger partial charge in [0.2, 0.25) is 0 Å². The molecule has 1 aliphatic rings. The molecule has 1 atom stereocenters. The Hall–Kier alpha value is -2.84. The van der Waals surface area contributed by atoms with Crippen molar-refractivity contribution >= 4 is 40.4 Å². The molecule has 5 rings (SSSR count). The maximum absolute atomic E-state index is 12.7. The average Bonchev–Trinajstić information content (AvgIpc) is 3.40. The Labute approximate surface area is 224 Å². The third kappa shape index (κ3) is 5.76. The molecule has 0 radical (unpaired) electrons. The zero-order chi connectivity index (χ0) is 24.9. The predicted octanol–water partition coefficient (Wildman–Crippen LogP) is 6.25. The third-order valence-corrected chi connectivity index (χ3v) is 7.68. The predicted molar refractivity (Wildman–Crippen MR) is 143 cm³/mol. The number of halogens is 2. The van der Waals surface area contributed by atoms with Crippen molar-refractivity contribution in [3.8, 4) is 0 Å². The Kier molecular flexibility index (Phi) is 7.92. The molecule has 9 heteroatoms. The van der Waals surface area contributed by atoms with Crippen molar-refractivity contribution in [2.75, 3.05) is 0 Å². The summed E-state index contributed by atoms with van der Waals surface area (Å²) in [5.74, 6) is -0.326. The van der Waals surface area contributed by atoms with Crippen molar-refractivity contribution in [1.82, 2.24) is 25.2 Å². The number of pyridine rings is 2. The monoisotopic (exact) mass is 537 g/mol. The highest BCUT2D eigenvalue weighted by Gasteiger charge is 2.28. The largest absolute Gasteiger partial charge is 0.348 e. The Morgan fingerprint density at radius 3 is 2.69 bits per heavy atom. The van der Waals surface area contributed by atoms with Crippen molar-refractivity contribution in [3.05, 3.63) is 110 Å². The summed E-state index contributed by atoms with van der Waals surface area (Å²) in [5.41, 5.74) is 4.92. The van der Waals surface area contributed by atoms with Gasteiger partial charge in [0.05, 0.1) is 33.9 Å². The Bertz CT molecular complexity index is 1330. The van der Waals surface area contributed by atoms with Gasteiger partial charge in [-0.25, -0.2) is 4.98 Å². The van der Waals surface area contributed by atoms with Crippen LogP contribution >= 0.6 is 34.5 Å². The number of fused-ring (bicyclic) bond motifs is 1. The van der Waals surface area contributed by atoms with Crippen LogP contribution in [0.2, 0.25) is 10.0 Å². The van der Waals surface area contributed by atoms with E-state index in [4.69, 9.17) is 28.2 Å². The van der Waals surface area contributed by atoms with Gasteiger partial charge in [0, 0.05) is 43.3 Å². The molecule has 1 amide bonds. The summed E-state index contributed by atoms with van der Waals surface area (Å²) in [5, 5.41) is 6.49. The number of aromatic nitrogens is 3. The summed E-state index contributed by atoms with van der Waals surface area (Å²) in [6.07, 6.45) is 9.86. The summed E-state index contributed by atoms with van der Waals surface area (Å²) in [4.78, 5) is 28.4. The molecular formula is C27H25Cl2N5OS. The van der Waals surface area contributed by atoms with Crippen molar-refractivity contribution in [2.45, 2.75) is 44.9 Å². The highest BCUT2D eigenvalue weighted by molar-refractivity contribution is 7.09. The lowest BCUT2D eigenvalue weighted by atomic mass is 9.90. The quantitative estimate of drug-likeness (QED) is 0.287. The van der Waals surface area contributed by atoms with Crippen LogP contribution in [0.4, 0.5) is 0 Å². The number of nitrogens with zero attached hydrogens (tertiary/aromatic N) is 4. The zero-order valence-corrected chi connectivity index (χ0v) is 21.9. The van der Waals surface area contributed by atoms with Crippen molar-refractivity contribution in [3.63, 3.8) is 0 Å². The van der Waals surface area contributed by atoms with Crippen LogP contribution in [0.5, 0.6) is 0 Å². The van der Waals surface area contributed by atoms with E-state index in [0.717, 1.165) is 42.9 Å². The van der Waals surface area contributed by atoms with Gasteiger partial charge >= 0.3 is 0 Å². The van der Waals surface area contributed by atoms with Crippen LogP contribution in [-0.4, -0.2) is 25.8 Å². The molecule has 0 saturated heterocycles. The molecule has 3 heterocycles. The summed E-state index contributed by atoms with van der Waals surface area (Å²) in [7, 11) is 0.